The van der Waals surface area contributed by atoms with Crippen molar-refractivity contribution in [2.75, 3.05) is 33.8 Å². The smallest absolute Gasteiger partial charge is 0.180 e. The first kappa shape index (κ1) is 14.3. The van der Waals surface area contributed by atoms with E-state index < -0.39 is 0 Å². The Bertz CT molecular complexity index is 487. The quantitative estimate of drug-likeness (QED) is 0.825. The fourth-order valence-electron chi connectivity index (χ4n) is 2.04. The van der Waals surface area contributed by atoms with Gasteiger partial charge in [-0.05, 0) is 19.2 Å². The molecule has 0 spiro atoms. The minimum atomic E-state index is -0.165. The van der Waals surface area contributed by atoms with Crippen LogP contribution < -0.4 is 15.2 Å². The van der Waals surface area contributed by atoms with Crippen LogP contribution in [0.3, 0.4) is 0 Å². The van der Waals surface area contributed by atoms with Crippen molar-refractivity contribution in [3.8, 4) is 11.5 Å². The number of carbonyl (C=O) groups excluding carboxylic acids is 1. The van der Waals surface area contributed by atoms with Gasteiger partial charge in [-0.2, -0.15) is 0 Å². The van der Waals surface area contributed by atoms with Gasteiger partial charge < -0.3 is 15.2 Å². The Kier molecular flexibility index (Phi) is 4.44. The highest BCUT2D eigenvalue weighted by atomic mass is 79.9. The van der Waals surface area contributed by atoms with Crippen molar-refractivity contribution < 1.29 is 14.3 Å². The van der Waals surface area contributed by atoms with E-state index in [1.54, 1.807) is 19.2 Å². The summed E-state index contributed by atoms with van der Waals surface area (Å²) in [6, 6.07) is 3.50. The molecule has 2 N–H and O–H groups in total. The minimum absolute atomic E-state index is 0.0550. The molecule has 1 aromatic carbocycles. The first-order valence-corrected chi connectivity index (χ1v) is 6.80. The summed E-state index contributed by atoms with van der Waals surface area (Å²) in [7, 11) is 3.57. The summed E-state index contributed by atoms with van der Waals surface area (Å²) < 4.78 is 11.9. The number of likely N-dealkylation sites (N-methyl/N-ethyl adjacent to an activating group) is 1. The average Bonchev–Trinajstić information content (AvgIpc) is 2.37. The Labute approximate surface area is 120 Å². The van der Waals surface area contributed by atoms with E-state index in [0.29, 0.717) is 17.1 Å². The Morgan fingerprint density at radius 3 is 2.74 bits per heavy atom. The molecule has 0 unspecified atom stereocenters. The molecule has 1 aliphatic rings. The van der Waals surface area contributed by atoms with Gasteiger partial charge in [-0.1, -0.05) is 15.9 Å². The highest BCUT2D eigenvalue weighted by Gasteiger charge is 2.28. The number of nitrogens with two attached hydrogens (primary N) is 1. The molecule has 1 fully saturated rings. The molecule has 1 heterocycles. The van der Waals surface area contributed by atoms with Crippen molar-refractivity contribution >= 4 is 21.7 Å². The molecule has 1 aromatic rings. The number of benzene rings is 1. The fourth-order valence-corrected chi connectivity index (χ4v) is 2.48. The Hall–Kier alpha value is -1.11. The van der Waals surface area contributed by atoms with Crippen molar-refractivity contribution in [1.29, 1.82) is 0 Å². The molecule has 5 nitrogen and oxygen atoms in total. The van der Waals surface area contributed by atoms with E-state index in [9.17, 15) is 4.79 Å². The second-order valence-corrected chi connectivity index (χ2v) is 5.49. The van der Waals surface area contributed by atoms with Crippen molar-refractivity contribution in [2.45, 2.75) is 6.10 Å². The summed E-state index contributed by atoms with van der Waals surface area (Å²) in [4.78, 5) is 14.1. The molecule has 2 rings (SSSR count). The third-order valence-corrected chi connectivity index (χ3v) is 3.50. The molecule has 0 amide bonds. The van der Waals surface area contributed by atoms with E-state index in [-0.39, 0.29) is 18.4 Å². The summed E-state index contributed by atoms with van der Waals surface area (Å²) >= 11 is 3.36. The van der Waals surface area contributed by atoms with E-state index >= 15 is 0 Å². The zero-order valence-electron chi connectivity index (χ0n) is 11.0. The van der Waals surface area contributed by atoms with Gasteiger partial charge in [0.15, 0.2) is 17.3 Å². The van der Waals surface area contributed by atoms with Crippen molar-refractivity contribution in [3.05, 3.63) is 22.2 Å². The number of carbonyl (C=O) groups is 1. The van der Waals surface area contributed by atoms with E-state index in [2.05, 4.69) is 20.8 Å². The van der Waals surface area contributed by atoms with Crippen LogP contribution in [-0.2, 0) is 0 Å². The monoisotopic (exact) mass is 328 g/mol. The number of likely N-dealkylation sites (tertiary alicyclic amines) is 1. The van der Waals surface area contributed by atoms with Crippen molar-refractivity contribution in [3.63, 3.8) is 0 Å². The predicted octanol–water partition coefficient (Wildman–Crippen LogP) is 1.29. The number of nitrogens with zero attached hydrogens (tertiary/aromatic N) is 1. The number of Topliss-reactive ketones (excluding diaryl/α,β-unsaturated/α-hetero) is 1. The maximum absolute atomic E-state index is 11.9. The molecular weight excluding hydrogens is 312 g/mol. The van der Waals surface area contributed by atoms with Gasteiger partial charge in [-0.15, -0.1) is 0 Å². The summed E-state index contributed by atoms with van der Waals surface area (Å²) in [6.45, 7) is 1.63. The van der Waals surface area contributed by atoms with Crippen LogP contribution >= 0.6 is 15.9 Å². The van der Waals surface area contributed by atoms with Crippen LogP contribution in [0.5, 0.6) is 11.5 Å². The Morgan fingerprint density at radius 2 is 2.21 bits per heavy atom. The van der Waals surface area contributed by atoms with E-state index in [1.807, 2.05) is 7.05 Å². The maximum atomic E-state index is 11.9. The average molecular weight is 329 g/mol. The van der Waals surface area contributed by atoms with Crippen molar-refractivity contribution in [1.82, 2.24) is 4.90 Å². The fraction of sp³-hybridized carbons (Fsp3) is 0.462. The van der Waals surface area contributed by atoms with Crippen molar-refractivity contribution in [2.24, 2.45) is 5.73 Å². The topological polar surface area (TPSA) is 64.8 Å². The van der Waals surface area contributed by atoms with Gasteiger partial charge in [0.2, 0.25) is 0 Å². The second kappa shape index (κ2) is 5.90. The number of ether oxygens (including phenoxy) is 2. The molecule has 19 heavy (non-hydrogen) atoms. The first-order valence-electron chi connectivity index (χ1n) is 6.01. The van der Waals surface area contributed by atoms with Gasteiger partial charge >= 0.3 is 0 Å². The highest BCUT2D eigenvalue weighted by molar-refractivity contribution is 9.10. The number of hydrogen-bond donors (Lipinski definition) is 1. The number of hydrogen-bond acceptors (Lipinski definition) is 5. The normalized spacial score (nSPS) is 16.0. The maximum Gasteiger partial charge on any atom is 0.180 e. The van der Waals surface area contributed by atoms with Crippen LogP contribution in [0, 0.1) is 0 Å². The summed E-state index contributed by atoms with van der Waals surface area (Å²) in [5.74, 6) is 0.863. The largest absolute Gasteiger partial charge is 0.493 e. The lowest BCUT2D eigenvalue weighted by molar-refractivity contribution is 0.0362. The number of rotatable bonds is 5. The third kappa shape index (κ3) is 3.08. The predicted molar refractivity (Wildman–Crippen MR) is 76.0 cm³/mol. The molecule has 0 saturated carbocycles. The lowest BCUT2D eigenvalue weighted by Gasteiger charge is -2.36. The lowest BCUT2D eigenvalue weighted by atomic mass is 10.1. The molecule has 1 aliphatic heterocycles. The van der Waals surface area contributed by atoms with E-state index in [4.69, 9.17) is 15.2 Å². The summed E-state index contributed by atoms with van der Waals surface area (Å²) in [6.07, 6.45) is 0.0874. The number of methoxy groups -OCH3 is 1. The first-order chi connectivity index (χ1) is 9.05. The van der Waals surface area contributed by atoms with Crippen LogP contribution in [0.15, 0.2) is 16.6 Å². The molecule has 0 bridgehead atoms. The summed E-state index contributed by atoms with van der Waals surface area (Å²) in [5.41, 5.74) is 5.91. The molecule has 0 radical (unpaired) electrons. The Balaban J connectivity index is 2.34. The summed E-state index contributed by atoms with van der Waals surface area (Å²) in [5, 5.41) is 0. The minimum Gasteiger partial charge on any atom is -0.493 e. The molecular formula is C13H17BrN2O3. The van der Waals surface area contributed by atoms with Gasteiger partial charge in [0.05, 0.1) is 19.2 Å². The van der Waals surface area contributed by atoms with Gasteiger partial charge in [-0.3, -0.25) is 9.69 Å². The van der Waals surface area contributed by atoms with Gasteiger partial charge in [0, 0.05) is 17.6 Å². The van der Waals surface area contributed by atoms with Gasteiger partial charge in [0.1, 0.15) is 6.10 Å². The SMILES string of the molecule is COc1cc(Br)cc(C(=O)CN)c1OC1CN(C)C1. The van der Waals surface area contributed by atoms with Crippen LogP contribution in [0.1, 0.15) is 10.4 Å². The standard InChI is InChI=1S/C13H17BrN2O3/c1-16-6-9(7-16)19-13-10(11(17)5-15)3-8(14)4-12(13)18-2/h3-4,9H,5-7,15H2,1-2H3. The van der Waals surface area contributed by atoms with E-state index in [1.165, 1.54) is 0 Å². The highest BCUT2D eigenvalue weighted by Crippen LogP contribution is 2.36. The zero-order valence-corrected chi connectivity index (χ0v) is 12.6. The molecule has 0 aromatic heterocycles. The molecule has 6 heteroatoms. The molecule has 0 atom stereocenters. The second-order valence-electron chi connectivity index (χ2n) is 4.57. The molecule has 0 aliphatic carbocycles. The molecule has 1 saturated heterocycles. The molecule has 104 valence electrons. The zero-order chi connectivity index (χ0) is 14.0. The van der Waals surface area contributed by atoms with Gasteiger partial charge in [-0.25, -0.2) is 0 Å². The van der Waals surface area contributed by atoms with Crippen LogP contribution in [-0.4, -0.2) is 50.6 Å². The van der Waals surface area contributed by atoms with Gasteiger partial charge in [0.25, 0.3) is 0 Å². The van der Waals surface area contributed by atoms with E-state index in [0.717, 1.165) is 17.6 Å². The number of ketones is 1. The third-order valence-electron chi connectivity index (χ3n) is 3.04. The lowest BCUT2D eigenvalue weighted by Crippen LogP contribution is -2.51. The number of halogens is 1. The van der Waals surface area contributed by atoms with Crippen LogP contribution in [0.25, 0.3) is 0 Å². The van der Waals surface area contributed by atoms with Crippen LogP contribution in [0.2, 0.25) is 0 Å². The van der Waals surface area contributed by atoms with Crippen LogP contribution in [0.4, 0.5) is 0 Å². The Morgan fingerprint density at radius 1 is 1.53 bits per heavy atom.